The molecule has 11 nitrogen and oxygen atoms in total. The summed E-state index contributed by atoms with van der Waals surface area (Å²) >= 11 is 0. The van der Waals surface area contributed by atoms with Crippen molar-refractivity contribution in [3.63, 3.8) is 0 Å². The molecule has 3 N–H and O–H groups in total. The van der Waals surface area contributed by atoms with Crippen molar-refractivity contribution in [3.05, 3.63) is 62.4 Å². The van der Waals surface area contributed by atoms with Crippen LogP contribution in [0, 0.1) is 20.2 Å². The predicted molar refractivity (Wildman–Crippen MR) is 81.5 cm³/mol. The highest BCUT2D eigenvalue weighted by molar-refractivity contribution is 5.91. The summed E-state index contributed by atoms with van der Waals surface area (Å²) in [6, 6.07) is 2.61. The number of aromatic hydroxyl groups is 1. The van der Waals surface area contributed by atoms with Crippen molar-refractivity contribution < 1.29 is 24.5 Å². The lowest BCUT2D eigenvalue weighted by molar-refractivity contribution is -0.394. The molecular formula is C13H14N4O7. The van der Waals surface area contributed by atoms with Gasteiger partial charge in [0, 0.05) is 12.3 Å². The Kier molecular flexibility index (Phi) is 6.38. The third-order valence-corrected chi connectivity index (χ3v) is 2.76. The number of methoxy groups -OCH3 is 1. The molecule has 24 heavy (non-hydrogen) atoms. The maximum absolute atomic E-state index is 10.9. The molecule has 1 aromatic carbocycles. The molecule has 1 heterocycles. The van der Waals surface area contributed by atoms with E-state index >= 15 is 0 Å². The molecule has 0 unspecified atom stereocenters. The molecule has 11 heteroatoms. The number of phenolic OH excluding ortho intramolecular Hbond substituents is 1. The minimum atomic E-state index is -0.887. The number of ether oxygens (including phenoxy) is 1. The van der Waals surface area contributed by atoms with E-state index in [1.54, 1.807) is 18.4 Å². The molecule has 0 fully saturated rings. The highest BCUT2D eigenvalue weighted by Crippen LogP contribution is 2.29. The van der Waals surface area contributed by atoms with Crippen molar-refractivity contribution in [2.24, 2.45) is 5.84 Å². The number of phenols is 1. The topological polar surface area (TPSA) is 162 Å². The monoisotopic (exact) mass is 338 g/mol. The average Bonchev–Trinajstić information content (AvgIpc) is 2.55. The van der Waals surface area contributed by atoms with E-state index in [0.29, 0.717) is 18.2 Å². The molecule has 0 aromatic heterocycles. The Hall–Kier alpha value is -3.47. The van der Waals surface area contributed by atoms with Crippen LogP contribution in [0.1, 0.15) is 0 Å². The molecule has 0 saturated carbocycles. The van der Waals surface area contributed by atoms with E-state index in [-0.39, 0.29) is 5.97 Å². The number of nitrogens with zero attached hydrogens (tertiary/aromatic N) is 3. The lowest BCUT2D eigenvalue weighted by Gasteiger charge is -2.15. The van der Waals surface area contributed by atoms with Crippen LogP contribution in [0.4, 0.5) is 11.4 Å². The summed E-state index contributed by atoms with van der Waals surface area (Å²) in [5.41, 5.74) is -0.548. The zero-order valence-electron chi connectivity index (χ0n) is 12.5. The first-order valence-corrected chi connectivity index (χ1v) is 6.36. The van der Waals surface area contributed by atoms with E-state index in [4.69, 9.17) is 10.9 Å². The summed E-state index contributed by atoms with van der Waals surface area (Å²) in [6.45, 7) is 0.543. The zero-order chi connectivity index (χ0) is 18.3. The summed E-state index contributed by atoms with van der Waals surface area (Å²) in [5, 5.41) is 30.8. The van der Waals surface area contributed by atoms with Gasteiger partial charge in [0.05, 0.1) is 35.1 Å². The van der Waals surface area contributed by atoms with Gasteiger partial charge in [-0.25, -0.2) is 10.6 Å². The number of non-ortho nitro benzene ring substituents is 1. The highest BCUT2D eigenvalue weighted by Gasteiger charge is 2.18. The second kappa shape index (κ2) is 8.24. The third-order valence-electron chi connectivity index (χ3n) is 2.76. The molecule has 0 radical (unpaired) electrons. The van der Waals surface area contributed by atoms with E-state index in [0.717, 1.165) is 12.1 Å². The van der Waals surface area contributed by atoms with Crippen molar-refractivity contribution in [2.45, 2.75) is 0 Å². The Labute approximate surface area is 135 Å². The molecule has 0 saturated heterocycles. The van der Waals surface area contributed by atoms with Crippen LogP contribution in [-0.4, -0.2) is 39.6 Å². The number of hydrogen-bond donors (Lipinski definition) is 2. The van der Waals surface area contributed by atoms with Crippen molar-refractivity contribution in [1.82, 2.24) is 5.01 Å². The Bertz CT molecular complexity index is 714. The summed E-state index contributed by atoms with van der Waals surface area (Å²) in [4.78, 5) is 29.6. The van der Waals surface area contributed by atoms with Gasteiger partial charge in [0.1, 0.15) is 0 Å². The first kappa shape index (κ1) is 18.6. The molecule has 1 aliphatic rings. The molecule has 0 spiro atoms. The number of hydrazine groups is 1. The number of rotatable bonds is 3. The molecule has 0 bridgehead atoms. The largest absolute Gasteiger partial charge is 0.502 e. The maximum atomic E-state index is 10.9. The number of hydrogen-bond acceptors (Lipinski definition) is 9. The van der Waals surface area contributed by atoms with Gasteiger partial charge in [-0.15, -0.1) is 0 Å². The van der Waals surface area contributed by atoms with Crippen LogP contribution in [0.5, 0.6) is 5.75 Å². The van der Waals surface area contributed by atoms with Crippen LogP contribution < -0.4 is 5.84 Å². The molecular weight excluding hydrogens is 324 g/mol. The Morgan fingerprint density at radius 3 is 2.46 bits per heavy atom. The Balaban J connectivity index is 0.000000243. The molecule has 128 valence electrons. The van der Waals surface area contributed by atoms with E-state index in [1.807, 2.05) is 0 Å². The number of benzene rings is 1. The highest BCUT2D eigenvalue weighted by atomic mass is 16.6. The van der Waals surface area contributed by atoms with Crippen LogP contribution in [0.25, 0.3) is 0 Å². The second-order valence-electron chi connectivity index (χ2n) is 4.35. The molecule has 1 aliphatic heterocycles. The smallest absolute Gasteiger partial charge is 0.337 e. The Morgan fingerprint density at radius 2 is 2.00 bits per heavy atom. The van der Waals surface area contributed by atoms with Crippen molar-refractivity contribution in [3.8, 4) is 5.75 Å². The number of esters is 1. The van der Waals surface area contributed by atoms with Gasteiger partial charge >= 0.3 is 11.7 Å². The van der Waals surface area contributed by atoms with Crippen LogP contribution in [-0.2, 0) is 9.53 Å². The first-order chi connectivity index (χ1) is 11.3. The number of carbonyl (C=O) groups excluding carboxylic acids is 1. The van der Waals surface area contributed by atoms with Gasteiger partial charge in [0.25, 0.3) is 5.69 Å². The third kappa shape index (κ3) is 5.06. The first-order valence-electron chi connectivity index (χ1n) is 6.36. The number of nitrogens with two attached hydrogens (primary N) is 1. The quantitative estimate of drug-likeness (QED) is 0.354. The normalized spacial score (nSPS) is 12.6. The van der Waals surface area contributed by atoms with Crippen LogP contribution in [0.2, 0.25) is 0 Å². The van der Waals surface area contributed by atoms with Gasteiger partial charge in [-0.2, -0.15) is 0 Å². The van der Waals surface area contributed by atoms with E-state index in [9.17, 15) is 25.0 Å². The summed E-state index contributed by atoms with van der Waals surface area (Å²) in [5.74, 6) is 4.48. The molecule has 0 amide bonds. The lowest BCUT2D eigenvalue weighted by atomic mass is 10.2. The number of nitro groups is 2. The van der Waals surface area contributed by atoms with E-state index in [2.05, 4.69) is 4.74 Å². The number of carbonyl (C=O) groups is 1. The van der Waals surface area contributed by atoms with Gasteiger partial charge < -0.3 is 14.9 Å². The molecule has 2 rings (SSSR count). The fourth-order valence-corrected chi connectivity index (χ4v) is 1.55. The minimum absolute atomic E-state index is 0.325. The van der Waals surface area contributed by atoms with E-state index in [1.165, 1.54) is 12.1 Å². The van der Waals surface area contributed by atoms with Crippen molar-refractivity contribution in [2.75, 3.05) is 13.7 Å². The van der Waals surface area contributed by atoms with Gasteiger partial charge in [-0.05, 0) is 18.2 Å². The molecule has 0 aliphatic carbocycles. The fraction of sp³-hybridized carbons (Fsp3) is 0.154. The van der Waals surface area contributed by atoms with Crippen LogP contribution in [0.15, 0.2) is 42.1 Å². The van der Waals surface area contributed by atoms with E-state index < -0.39 is 27.0 Å². The summed E-state index contributed by atoms with van der Waals surface area (Å²) in [7, 11) is 1.35. The summed E-state index contributed by atoms with van der Waals surface area (Å²) in [6.07, 6.45) is 4.97. The predicted octanol–water partition coefficient (Wildman–Crippen LogP) is 0.997. The van der Waals surface area contributed by atoms with Gasteiger partial charge in [-0.3, -0.25) is 20.2 Å². The van der Waals surface area contributed by atoms with Crippen LogP contribution >= 0.6 is 0 Å². The molecule has 1 aromatic rings. The second-order valence-corrected chi connectivity index (χ2v) is 4.35. The zero-order valence-corrected chi connectivity index (χ0v) is 12.5. The maximum Gasteiger partial charge on any atom is 0.337 e. The Morgan fingerprint density at radius 1 is 1.33 bits per heavy atom. The SMILES string of the molecule is COC(=O)C1=CCN(N)C=C1.O=[N+]([O-])c1ccc(O)c([N+](=O)[O-])c1. The molecule has 0 atom stereocenters. The van der Waals surface area contributed by atoms with Gasteiger partial charge in [-0.1, -0.05) is 0 Å². The average molecular weight is 338 g/mol. The van der Waals surface area contributed by atoms with Gasteiger partial charge in [0.15, 0.2) is 5.75 Å². The van der Waals surface area contributed by atoms with Crippen molar-refractivity contribution >= 4 is 17.3 Å². The summed E-state index contributed by atoms with van der Waals surface area (Å²) < 4.78 is 4.51. The lowest BCUT2D eigenvalue weighted by Crippen LogP contribution is -2.27. The van der Waals surface area contributed by atoms with Crippen molar-refractivity contribution in [1.29, 1.82) is 0 Å². The van der Waals surface area contributed by atoms with Crippen LogP contribution in [0.3, 0.4) is 0 Å². The standard InChI is InChI=1S/C7H10N2O2.C6H4N2O5/c1-11-7(10)6-2-4-9(8)5-3-6;9-6-2-1-4(7(10)11)3-5(6)8(12)13/h2-4H,5,8H2,1H3;1-3,9H. The fourth-order valence-electron chi connectivity index (χ4n) is 1.55. The number of nitro benzene ring substituents is 2. The van der Waals surface area contributed by atoms with Gasteiger partial charge in [0.2, 0.25) is 0 Å². The minimum Gasteiger partial charge on any atom is -0.502 e.